The summed E-state index contributed by atoms with van der Waals surface area (Å²) in [6.45, 7) is 0.672. The predicted molar refractivity (Wildman–Crippen MR) is 34.2 cm³/mol. The van der Waals surface area contributed by atoms with Gasteiger partial charge in [-0.2, -0.15) is 0 Å². The van der Waals surface area contributed by atoms with Crippen LogP contribution in [0.2, 0.25) is 0 Å². The van der Waals surface area contributed by atoms with E-state index in [-0.39, 0.29) is 0 Å². The average Bonchev–Trinajstić information content (AvgIpc) is 2.36. The summed E-state index contributed by atoms with van der Waals surface area (Å²) in [6.07, 6.45) is 1.26. The molecule has 0 saturated carbocycles. The molecular weight excluding hydrogens is 134 g/mol. The van der Waals surface area contributed by atoms with Crippen molar-refractivity contribution in [1.82, 2.24) is 5.32 Å². The summed E-state index contributed by atoms with van der Waals surface area (Å²) in [7, 11) is 1.26. The number of hydrogen-bond acceptors (Lipinski definition) is 4. The molecule has 1 aliphatic rings. The molecule has 0 radical (unpaired) electrons. The molecule has 0 aromatic carbocycles. The zero-order valence-electron chi connectivity index (χ0n) is 5.89. The Kier molecular flexibility index (Phi) is 1.92. The van der Waals surface area contributed by atoms with Crippen LogP contribution >= 0.6 is 0 Å². The molecule has 2 N–H and O–H groups in total. The summed E-state index contributed by atoms with van der Waals surface area (Å²) in [5, 5.41) is 12.0. The van der Waals surface area contributed by atoms with Crippen molar-refractivity contribution in [3.05, 3.63) is 0 Å². The van der Waals surface area contributed by atoms with E-state index in [2.05, 4.69) is 10.1 Å². The fourth-order valence-corrected chi connectivity index (χ4v) is 1.07. The van der Waals surface area contributed by atoms with Crippen molar-refractivity contribution in [1.29, 1.82) is 0 Å². The molecule has 0 bridgehead atoms. The highest BCUT2D eigenvalue weighted by atomic mass is 16.5. The minimum atomic E-state index is -1.41. The Bertz CT molecular complexity index is 140. The van der Waals surface area contributed by atoms with E-state index in [9.17, 15) is 9.90 Å². The number of rotatable bonds is 1. The molecule has 10 heavy (non-hydrogen) atoms. The van der Waals surface area contributed by atoms with E-state index in [4.69, 9.17) is 0 Å². The lowest BCUT2D eigenvalue weighted by Crippen LogP contribution is -2.48. The van der Waals surface area contributed by atoms with Gasteiger partial charge >= 0.3 is 5.97 Å². The number of carbonyl (C=O) groups excluding carboxylic acids is 1. The van der Waals surface area contributed by atoms with Crippen molar-refractivity contribution in [3.8, 4) is 0 Å². The molecule has 4 nitrogen and oxygen atoms in total. The maximum Gasteiger partial charge on any atom is 0.353 e. The van der Waals surface area contributed by atoms with Crippen LogP contribution in [0.1, 0.15) is 12.8 Å². The van der Waals surface area contributed by atoms with Crippen molar-refractivity contribution in [2.24, 2.45) is 0 Å². The lowest BCUT2D eigenvalue weighted by atomic mass is 10.2. The molecule has 58 valence electrons. The van der Waals surface area contributed by atoms with Crippen LogP contribution in [-0.4, -0.2) is 30.5 Å². The zero-order chi connectivity index (χ0) is 7.61. The Morgan fingerprint density at radius 2 is 2.50 bits per heavy atom. The molecule has 1 fully saturated rings. The second-order valence-corrected chi connectivity index (χ2v) is 2.38. The highest BCUT2D eigenvalue weighted by Gasteiger charge is 2.39. The summed E-state index contributed by atoms with van der Waals surface area (Å²) in [6, 6.07) is 0. The highest BCUT2D eigenvalue weighted by molar-refractivity contribution is 5.78. The van der Waals surface area contributed by atoms with Crippen molar-refractivity contribution < 1.29 is 14.6 Å². The van der Waals surface area contributed by atoms with Crippen molar-refractivity contribution in [2.45, 2.75) is 18.6 Å². The molecule has 4 heteroatoms. The molecule has 1 atom stereocenters. The number of aliphatic hydroxyl groups is 1. The van der Waals surface area contributed by atoms with E-state index in [1.807, 2.05) is 0 Å². The van der Waals surface area contributed by atoms with Gasteiger partial charge in [0.15, 0.2) is 0 Å². The first-order chi connectivity index (χ1) is 4.69. The van der Waals surface area contributed by atoms with E-state index >= 15 is 0 Å². The fourth-order valence-electron chi connectivity index (χ4n) is 1.07. The standard InChI is InChI=1S/C6H11NO3/c1-10-5(8)6(9)3-2-4-7-6/h7,9H,2-4H2,1H3/t6-/m1/s1. The molecule has 0 amide bonds. The number of methoxy groups -OCH3 is 1. The molecule has 0 aliphatic carbocycles. The minimum Gasteiger partial charge on any atom is -0.466 e. The monoisotopic (exact) mass is 145 g/mol. The van der Waals surface area contributed by atoms with Crippen molar-refractivity contribution in [3.63, 3.8) is 0 Å². The smallest absolute Gasteiger partial charge is 0.353 e. The van der Waals surface area contributed by atoms with Gasteiger partial charge in [0.25, 0.3) is 0 Å². The van der Waals surface area contributed by atoms with Crippen molar-refractivity contribution in [2.75, 3.05) is 13.7 Å². The minimum absolute atomic E-state index is 0.444. The summed E-state index contributed by atoms with van der Waals surface area (Å²) < 4.78 is 4.39. The van der Waals surface area contributed by atoms with Gasteiger partial charge in [-0.05, 0) is 13.0 Å². The first-order valence-electron chi connectivity index (χ1n) is 3.25. The maximum absolute atomic E-state index is 10.8. The number of hydrogen-bond donors (Lipinski definition) is 2. The van der Waals surface area contributed by atoms with E-state index in [1.165, 1.54) is 7.11 Å². The summed E-state index contributed by atoms with van der Waals surface area (Å²) in [4.78, 5) is 10.8. The third-order valence-corrected chi connectivity index (χ3v) is 1.66. The first kappa shape index (κ1) is 7.50. The van der Waals surface area contributed by atoms with E-state index < -0.39 is 11.7 Å². The topological polar surface area (TPSA) is 58.6 Å². The van der Waals surface area contributed by atoms with Crippen LogP contribution < -0.4 is 5.32 Å². The van der Waals surface area contributed by atoms with Gasteiger partial charge in [0.05, 0.1) is 7.11 Å². The molecule has 0 aromatic heterocycles. The lowest BCUT2D eigenvalue weighted by Gasteiger charge is -2.18. The van der Waals surface area contributed by atoms with Crippen LogP contribution in [0.3, 0.4) is 0 Å². The predicted octanol–water partition coefficient (Wildman–Crippen LogP) is -0.769. The SMILES string of the molecule is COC(=O)[C@]1(O)CCCN1. The molecule has 1 rings (SSSR count). The van der Waals surface area contributed by atoms with Crippen LogP contribution in [0.15, 0.2) is 0 Å². The van der Waals surface area contributed by atoms with Crippen LogP contribution in [0.5, 0.6) is 0 Å². The van der Waals surface area contributed by atoms with Crippen LogP contribution in [-0.2, 0) is 9.53 Å². The van der Waals surface area contributed by atoms with Crippen LogP contribution in [0.4, 0.5) is 0 Å². The second kappa shape index (κ2) is 2.56. The average molecular weight is 145 g/mol. The van der Waals surface area contributed by atoms with Gasteiger partial charge in [-0.1, -0.05) is 0 Å². The number of esters is 1. The van der Waals surface area contributed by atoms with E-state index in [0.717, 1.165) is 6.42 Å². The fraction of sp³-hybridized carbons (Fsp3) is 0.833. The van der Waals surface area contributed by atoms with Gasteiger partial charge < -0.3 is 9.84 Å². The molecule has 1 saturated heterocycles. The molecule has 0 unspecified atom stereocenters. The zero-order valence-corrected chi connectivity index (χ0v) is 5.89. The third-order valence-electron chi connectivity index (χ3n) is 1.66. The van der Waals surface area contributed by atoms with Crippen LogP contribution in [0, 0.1) is 0 Å². The first-order valence-corrected chi connectivity index (χ1v) is 3.25. The van der Waals surface area contributed by atoms with Gasteiger partial charge in [-0.25, -0.2) is 4.79 Å². The van der Waals surface area contributed by atoms with Crippen molar-refractivity contribution >= 4 is 5.97 Å². The van der Waals surface area contributed by atoms with Gasteiger partial charge in [0.2, 0.25) is 5.72 Å². The summed E-state index contributed by atoms with van der Waals surface area (Å²) in [5.41, 5.74) is -1.41. The normalized spacial score (nSPS) is 32.2. The Morgan fingerprint density at radius 1 is 1.80 bits per heavy atom. The molecular formula is C6H11NO3. The number of nitrogens with one attached hydrogen (secondary N) is 1. The summed E-state index contributed by atoms with van der Waals surface area (Å²) >= 11 is 0. The second-order valence-electron chi connectivity index (χ2n) is 2.38. The number of ether oxygens (including phenoxy) is 1. The lowest BCUT2D eigenvalue weighted by molar-refractivity contribution is -0.164. The van der Waals surface area contributed by atoms with Crippen LogP contribution in [0.25, 0.3) is 0 Å². The third kappa shape index (κ3) is 1.12. The van der Waals surface area contributed by atoms with Gasteiger partial charge in [0, 0.05) is 6.42 Å². The quantitative estimate of drug-likeness (QED) is 0.476. The Labute approximate surface area is 59.2 Å². The molecule has 0 spiro atoms. The molecule has 1 heterocycles. The maximum atomic E-state index is 10.8. The Balaban J connectivity index is 2.58. The molecule has 1 aliphatic heterocycles. The highest BCUT2D eigenvalue weighted by Crippen LogP contribution is 2.16. The van der Waals surface area contributed by atoms with Gasteiger partial charge in [-0.3, -0.25) is 5.32 Å². The Hall–Kier alpha value is -0.610. The van der Waals surface area contributed by atoms with Gasteiger partial charge in [0.1, 0.15) is 0 Å². The van der Waals surface area contributed by atoms with Gasteiger partial charge in [-0.15, -0.1) is 0 Å². The summed E-state index contributed by atoms with van der Waals surface area (Å²) in [5.74, 6) is -0.593. The number of carbonyl (C=O) groups is 1. The molecule has 0 aromatic rings. The largest absolute Gasteiger partial charge is 0.466 e. The Morgan fingerprint density at radius 3 is 2.90 bits per heavy atom. The van der Waals surface area contributed by atoms with E-state index in [1.54, 1.807) is 0 Å². The van der Waals surface area contributed by atoms with E-state index in [0.29, 0.717) is 13.0 Å².